The van der Waals surface area contributed by atoms with Crippen LogP contribution in [0, 0.1) is 17.7 Å². The van der Waals surface area contributed by atoms with Gasteiger partial charge < -0.3 is 25.8 Å². The number of benzene rings is 2. The van der Waals surface area contributed by atoms with Gasteiger partial charge in [0.2, 0.25) is 0 Å². The standard InChI is InChI=1S/C25H28FN5O2/c1-4-6-21(32)28-16-7-5-10-31(14-16)24-19(26)12-18(25(27)33)23-22(24)17-9-8-15(13-30(2)3)11-20(17)29-23/h8-9,11-12,16,29H,5,7,10,13-14H2,1-3H3,(H2,27,33)(H,28,32)/t16-/m0/s1. The number of aromatic nitrogens is 1. The van der Waals surface area contributed by atoms with Gasteiger partial charge in [0.1, 0.15) is 5.82 Å². The Balaban J connectivity index is 1.84. The van der Waals surface area contributed by atoms with E-state index in [1.54, 1.807) is 6.92 Å². The number of primary amides is 1. The fourth-order valence-corrected chi connectivity index (χ4v) is 4.68. The summed E-state index contributed by atoms with van der Waals surface area (Å²) in [5.41, 5.74) is 8.58. The molecule has 0 radical (unpaired) electrons. The Bertz CT molecular complexity index is 1300. The summed E-state index contributed by atoms with van der Waals surface area (Å²) in [5, 5.41) is 4.37. The molecule has 1 atom stereocenters. The van der Waals surface area contributed by atoms with Crippen LogP contribution in [0.5, 0.6) is 0 Å². The van der Waals surface area contributed by atoms with E-state index in [0.29, 0.717) is 29.7 Å². The largest absolute Gasteiger partial charge is 0.367 e. The van der Waals surface area contributed by atoms with Gasteiger partial charge in [-0.3, -0.25) is 9.59 Å². The average molecular weight is 450 g/mol. The normalized spacial score (nSPS) is 16.2. The van der Waals surface area contributed by atoms with Crippen LogP contribution in [0.3, 0.4) is 0 Å². The van der Waals surface area contributed by atoms with E-state index in [9.17, 15) is 9.59 Å². The average Bonchev–Trinajstić information content (AvgIpc) is 3.11. The topological polar surface area (TPSA) is 94.5 Å². The van der Waals surface area contributed by atoms with Crippen molar-refractivity contribution in [1.82, 2.24) is 15.2 Å². The zero-order chi connectivity index (χ0) is 23.7. The molecule has 0 bridgehead atoms. The number of nitrogens with zero attached hydrogens (tertiary/aromatic N) is 2. The van der Waals surface area contributed by atoms with Crippen LogP contribution in [-0.2, 0) is 11.3 Å². The summed E-state index contributed by atoms with van der Waals surface area (Å²) in [7, 11) is 3.98. The van der Waals surface area contributed by atoms with E-state index in [4.69, 9.17) is 5.73 Å². The van der Waals surface area contributed by atoms with Crippen LogP contribution in [0.25, 0.3) is 21.8 Å². The van der Waals surface area contributed by atoms with Crippen LogP contribution in [-0.4, -0.2) is 54.9 Å². The molecule has 4 N–H and O–H groups in total. The van der Waals surface area contributed by atoms with Crippen LogP contribution < -0.4 is 16.0 Å². The smallest absolute Gasteiger partial charge is 0.296 e. The SMILES string of the molecule is CC#CC(=O)N[C@H]1CCCN(c2c(F)cc(C(N)=O)c3[nH]c4cc(CN(C)C)ccc4c23)C1. The predicted octanol–water partition coefficient (Wildman–Crippen LogP) is 2.73. The Kier molecular flexibility index (Phi) is 6.25. The molecule has 1 aliphatic heterocycles. The highest BCUT2D eigenvalue weighted by atomic mass is 19.1. The molecular formula is C25H28FN5O2. The van der Waals surface area contributed by atoms with Crippen molar-refractivity contribution in [2.24, 2.45) is 5.73 Å². The molecule has 1 aliphatic rings. The van der Waals surface area contributed by atoms with Crippen molar-refractivity contribution < 1.29 is 14.0 Å². The van der Waals surface area contributed by atoms with Crippen molar-refractivity contribution in [3.8, 4) is 11.8 Å². The summed E-state index contributed by atoms with van der Waals surface area (Å²) in [6, 6.07) is 7.05. The maximum absolute atomic E-state index is 15.5. The van der Waals surface area contributed by atoms with Crippen molar-refractivity contribution in [2.75, 3.05) is 32.1 Å². The fourth-order valence-electron chi connectivity index (χ4n) is 4.68. The molecule has 8 heteroatoms. The molecule has 0 spiro atoms. The Morgan fingerprint density at radius 2 is 2.12 bits per heavy atom. The van der Waals surface area contributed by atoms with Crippen molar-refractivity contribution >= 4 is 39.3 Å². The number of aromatic amines is 1. The maximum atomic E-state index is 15.5. The van der Waals surface area contributed by atoms with Crippen molar-refractivity contribution in [3.63, 3.8) is 0 Å². The number of halogens is 1. The first-order chi connectivity index (χ1) is 15.8. The minimum absolute atomic E-state index is 0.122. The molecular weight excluding hydrogens is 421 g/mol. The molecule has 2 aromatic carbocycles. The van der Waals surface area contributed by atoms with Gasteiger partial charge in [-0.2, -0.15) is 0 Å². The van der Waals surface area contributed by atoms with E-state index in [-0.39, 0.29) is 17.5 Å². The molecule has 0 aliphatic carbocycles. The molecule has 33 heavy (non-hydrogen) atoms. The van der Waals surface area contributed by atoms with Gasteiger partial charge in [0.05, 0.1) is 16.8 Å². The lowest BCUT2D eigenvalue weighted by Gasteiger charge is -2.35. The lowest BCUT2D eigenvalue weighted by Crippen LogP contribution is -2.47. The van der Waals surface area contributed by atoms with Gasteiger partial charge in [-0.1, -0.05) is 18.1 Å². The van der Waals surface area contributed by atoms with Gasteiger partial charge in [-0.25, -0.2) is 4.39 Å². The summed E-state index contributed by atoms with van der Waals surface area (Å²) in [6.07, 6.45) is 1.58. The number of carbonyl (C=O) groups is 2. The number of rotatable bonds is 5. The molecule has 1 saturated heterocycles. The van der Waals surface area contributed by atoms with Gasteiger partial charge in [0, 0.05) is 42.0 Å². The first-order valence-corrected chi connectivity index (χ1v) is 11.0. The predicted molar refractivity (Wildman–Crippen MR) is 128 cm³/mol. The van der Waals surface area contributed by atoms with Crippen LogP contribution in [0.4, 0.5) is 10.1 Å². The summed E-state index contributed by atoms with van der Waals surface area (Å²) in [6.45, 7) is 3.45. The first kappa shape index (κ1) is 22.6. The third-order valence-electron chi connectivity index (χ3n) is 5.94. The van der Waals surface area contributed by atoms with Crippen LogP contribution in [0.2, 0.25) is 0 Å². The number of hydrogen-bond donors (Lipinski definition) is 3. The van der Waals surface area contributed by atoms with E-state index in [1.807, 2.05) is 37.2 Å². The lowest BCUT2D eigenvalue weighted by molar-refractivity contribution is -0.116. The minimum atomic E-state index is -0.688. The molecule has 3 aromatic rings. The molecule has 2 heterocycles. The summed E-state index contributed by atoms with van der Waals surface area (Å²) >= 11 is 0. The molecule has 7 nitrogen and oxygen atoms in total. The monoisotopic (exact) mass is 449 g/mol. The second kappa shape index (κ2) is 9.12. The zero-order valence-corrected chi connectivity index (χ0v) is 19.1. The zero-order valence-electron chi connectivity index (χ0n) is 19.1. The summed E-state index contributed by atoms with van der Waals surface area (Å²) in [4.78, 5) is 31.4. The molecule has 172 valence electrons. The van der Waals surface area contributed by atoms with Gasteiger partial charge in [-0.05, 0) is 57.5 Å². The third kappa shape index (κ3) is 4.50. The van der Waals surface area contributed by atoms with E-state index >= 15 is 4.39 Å². The molecule has 0 unspecified atom stereocenters. The lowest BCUT2D eigenvalue weighted by atomic mass is 10.00. The molecule has 1 aromatic heterocycles. The Labute approximate surface area is 192 Å². The summed E-state index contributed by atoms with van der Waals surface area (Å²) in [5.74, 6) is 3.56. The highest BCUT2D eigenvalue weighted by molar-refractivity contribution is 6.19. The van der Waals surface area contributed by atoms with Gasteiger partial charge in [0.25, 0.3) is 11.8 Å². The molecule has 2 amide bonds. The number of hydrogen-bond acceptors (Lipinski definition) is 4. The van der Waals surface area contributed by atoms with E-state index in [1.165, 1.54) is 6.07 Å². The van der Waals surface area contributed by atoms with E-state index in [2.05, 4.69) is 27.0 Å². The van der Waals surface area contributed by atoms with Crippen LogP contribution in [0.15, 0.2) is 24.3 Å². The molecule has 4 rings (SSSR count). The van der Waals surface area contributed by atoms with Gasteiger partial charge >= 0.3 is 0 Å². The quantitative estimate of drug-likeness (QED) is 0.522. The van der Waals surface area contributed by atoms with Gasteiger partial charge in [0.15, 0.2) is 0 Å². The number of H-pyrrole nitrogens is 1. The van der Waals surface area contributed by atoms with Crippen molar-refractivity contribution in [2.45, 2.75) is 32.4 Å². The first-order valence-electron chi connectivity index (χ1n) is 11.0. The number of fused-ring (bicyclic) bond motifs is 3. The Morgan fingerprint density at radius 1 is 1.33 bits per heavy atom. The third-order valence-corrected chi connectivity index (χ3v) is 5.94. The van der Waals surface area contributed by atoms with Gasteiger partial charge in [-0.15, -0.1) is 0 Å². The Morgan fingerprint density at radius 3 is 2.82 bits per heavy atom. The molecule has 1 fully saturated rings. The van der Waals surface area contributed by atoms with Crippen molar-refractivity contribution in [3.05, 3.63) is 41.2 Å². The number of anilines is 1. The minimum Gasteiger partial charge on any atom is -0.367 e. The van der Waals surface area contributed by atoms with Crippen LogP contribution >= 0.6 is 0 Å². The highest BCUT2D eigenvalue weighted by Gasteiger charge is 2.28. The van der Waals surface area contributed by atoms with E-state index in [0.717, 1.165) is 35.9 Å². The molecule has 0 saturated carbocycles. The number of carbonyl (C=O) groups excluding carboxylic acids is 2. The maximum Gasteiger partial charge on any atom is 0.296 e. The second-order valence-electron chi connectivity index (χ2n) is 8.75. The van der Waals surface area contributed by atoms with E-state index < -0.39 is 11.7 Å². The van der Waals surface area contributed by atoms with Crippen LogP contribution in [0.1, 0.15) is 35.7 Å². The second-order valence-corrected chi connectivity index (χ2v) is 8.75. The number of amides is 2. The highest BCUT2D eigenvalue weighted by Crippen LogP contribution is 2.39. The number of piperidine rings is 1. The number of nitrogens with one attached hydrogen (secondary N) is 2. The summed E-state index contributed by atoms with van der Waals surface area (Å²) < 4.78 is 15.5. The fraction of sp³-hybridized carbons (Fsp3) is 0.360. The number of nitrogens with two attached hydrogens (primary N) is 1. The van der Waals surface area contributed by atoms with Crippen molar-refractivity contribution in [1.29, 1.82) is 0 Å². The Hall–Kier alpha value is -3.57.